The van der Waals surface area contributed by atoms with Gasteiger partial charge in [-0.2, -0.15) is 0 Å². The Bertz CT molecular complexity index is 313. The average Bonchev–Trinajstić information content (AvgIpc) is 2.11. The summed E-state index contributed by atoms with van der Waals surface area (Å²) in [7, 11) is 0. The second-order valence-corrected chi connectivity index (χ2v) is 5.11. The zero-order valence-electron chi connectivity index (χ0n) is 9.42. The molecule has 1 fully saturated rings. The summed E-state index contributed by atoms with van der Waals surface area (Å²) in [5.74, 6) is 1.51. The molecule has 84 valence electrons. The van der Waals surface area contributed by atoms with Crippen LogP contribution in [0.15, 0.2) is 4.99 Å². The number of nitrogens with one attached hydrogen (secondary N) is 1. The van der Waals surface area contributed by atoms with Gasteiger partial charge in [0.25, 0.3) is 0 Å². The molecule has 3 unspecified atom stereocenters. The summed E-state index contributed by atoms with van der Waals surface area (Å²) in [4.78, 5) is 16.0. The number of carbonyl (C=O) groups excluding carboxylic acids is 1. The Balaban J connectivity index is 2.25. The molecule has 1 spiro atoms. The number of hydrogen-bond donors (Lipinski definition) is 2. The minimum absolute atomic E-state index is 0.0175. The fourth-order valence-corrected chi connectivity index (χ4v) is 2.88. The molecule has 4 heteroatoms. The largest absolute Gasteiger partial charge is 0.370 e. The van der Waals surface area contributed by atoms with Crippen molar-refractivity contribution in [3.8, 4) is 0 Å². The summed E-state index contributed by atoms with van der Waals surface area (Å²) in [6, 6.07) is 0. The van der Waals surface area contributed by atoms with Crippen molar-refractivity contribution < 1.29 is 4.79 Å². The van der Waals surface area contributed by atoms with Crippen molar-refractivity contribution in [3.05, 3.63) is 0 Å². The topological polar surface area (TPSA) is 67.5 Å². The van der Waals surface area contributed by atoms with Gasteiger partial charge in [0.15, 0.2) is 5.96 Å². The Hall–Kier alpha value is -1.06. The standard InChI is InChI=1S/C11H19N3O/c1-7-3-4-11(8(2)5-7)6-9(15)13-10(12)14-11/h7-8H,3-6H2,1-2H3,(H3,12,13,14,15). The quantitative estimate of drug-likeness (QED) is 0.625. The number of rotatable bonds is 0. The van der Waals surface area contributed by atoms with Gasteiger partial charge in [-0.15, -0.1) is 0 Å². The van der Waals surface area contributed by atoms with E-state index in [1.807, 2.05) is 0 Å². The van der Waals surface area contributed by atoms with Gasteiger partial charge in [0.1, 0.15) is 0 Å². The molecule has 0 saturated heterocycles. The first-order valence-corrected chi connectivity index (χ1v) is 5.67. The molecule has 0 bridgehead atoms. The van der Waals surface area contributed by atoms with Crippen LogP contribution in [0.5, 0.6) is 0 Å². The lowest BCUT2D eigenvalue weighted by molar-refractivity contribution is -0.122. The average molecular weight is 209 g/mol. The zero-order valence-corrected chi connectivity index (χ0v) is 9.42. The van der Waals surface area contributed by atoms with Gasteiger partial charge in [-0.25, -0.2) is 4.99 Å². The molecule has 0 radical (unpaired) electrons. The first-order valence-electron chi connectivity index (χ1n) is 5.67. The first-order chi connectivity index (χ1) is 7.02. The highest BCUT2D eigenvalue weighted by atomic mass is 16.1. The second kappa shape index (κ2) is 3.51. The fourth-order valence-electron chi connectivity index (χ4n) is 2.88. The van der Waals surface area contributed by atoms with E-state index in [0.29, 0.717) is 18.3 Å². The van der Waals surface area contributed by atoms with Gasteiger partial charge in [0.2, 0.25) is 5.91 Å². The number of carbonyl (C=O) groups is 1. The van der Waals surface area contributed by atoms with Gasteiger partial charge in [0, 0.05) is 0 Å². The number of nitrogens with two attached hydrogens (primary N) is 1. The van der Waals surface area contributed by atoms with Crippen LogP contribution in [0.4, 0.5) is 0 Å². The third kappa shape index (κ3) is 1.85. The minimum atomic E-state index is -0.209. The molecule has 0 aromatic heterocycles. The summed E-state index contributed by atoms with van der Waals surface area (Å²) < 4.78 is 0. The third-order valence-corrected chi connectivity index (χ3v) is 3.82. The molecule has 1 aliphatic heterocycles. The first kappa shape index (κ1) is 10.5. The Labute approximate surface area is 90.3 Å². The molecule has 2 aliphatic rings. The number of hydrogen-bond acceptors (Lipinski definition) is 3. The lowest BCUT2D eigenvalue weighted by Crippen LogP contribution is -2.53. The van der Waals surface area contributed by atoms with Crippen LogP contribution < -0.4 is 11.1 Å². The lowest BCUT2D eigenvalue weighted by Gasteiger charge is -2.43. The molecule has 0 aromatic carbocycles. The smallest absolute Gasteiger partial charge is 0.229 e. The maximum Gasteiger partial charge on any atom is 0.229 e. The van der Waals surface area contributed by atoms with Crippen LogP contribution in [-0.4, -0.2) is 17.4 Å². The van der Waals surface area contributed by atoms with Crippen LogP contribution in [0.3, 0.4) is 0 Å². The molecule has 3 N–H and O–H groups in total. The summed E-state index contributed by atoms with van der Waals surface area (Å²) in [6.45, 7) is 4.45. The van der Waals surface area contributed by atoms with Crippen molar-refractivity contribution in [2.45, 2.75) is 45.1 Å². The van der Waals surface area contributed by atoms with Crippen molar-refractivity contribution >= 4 is 11.9 Å². The van der Waals surface area contributed by atoms with E-state index in [1.165, 1.54) is 0 Å². The van der Waals surface area contributed by atoms with E-state index in [4.69, 9.17) is 5.73 Å². The molecule has 2 rings (SSSR count). The highest BCUT2D eigenvalue weighted by Gasteiger charge is 2.43. The maximum absolute atomic E-state index is 11.5. The summed E-state index contributed by atoms with van der Waals surface area (Å²) >= 11 is 0. The molecule has 1 amide bonds. The Morgan fingerprint density at radius 3 is 2.87 bits per heavy atom. The van der Waals surface area contributed by atoms with Crippen LogP contribution in [0.2, 0.25) is 0 Å². The van der Waals surface area contributed by atoms with E-state index in [-0.39, 0.29) is 11.4 Å². The van der Waals surface area contributed by atoms with Gasteiger partial charge < -0.3 is 5.73 Å². The van der Waals surface area contributed by atoms with Gasteiger partial charge in [-0.3, -0.25) is 10.1 Å². The van der Waals surface area contributed by atoms with Crippen LogP contribution in [-0.2, 0) is 4.79 Å². The van der Waals surface area contributed by atoms with E-state index in [1.54, 1.807) is 0 Å². The fraction of sp³-hybridized carbons (Fsp3) is 0.818. The molecular weight excluding hydrogens is 190 g/mol. The van der Waals surface area contributed by atoms with Crippen LogP contribution in [0.25, 0.3) is 0 Å². The third-order valence-electron chi connectivity index (χ3n) is 3.82. The Kier molecular flexibility index (Phi) is 2.44. The van der Waals surface area contributed by atoms with Gasteiger partial charge in [-0.05, 0) is 31.1 Å². The molecular formula is C11H19N3O. The van der Waals surface area contributed by atoms with Crippen molar-refractivity contribution in [2.75, 3.05) is 0 Å². The van der Waals surface area contributed by atoms with Crippen molar-refractivity contribution in [1.82, 2.24) is 5.32 Å². The lowest BCUT2D eigenvalue weighted by atomic mass is 9.68. The van der Waals surface area contributed by atoms with Crippen LogP contribution >= 0.6 is 0 Å². The predicted octanol–water partition coefficient (Wildman–Crippen LogP) is 1.02. The normalized spacial score (nSPS) is 41.2. The highest BCUT2D eigenvalue weighted by molar-refractivity contribution is 5.98. The van der Waals surface area contributed by atoms with Crippen molar-refractivity contribution in [1.29, 1.82) is 0 Å². The monoisotopic (exact) mass is 209 g/mol. The van der Waals surface area contributed by atoms with E-state index < -0.39 is 0 Å². The van der Waals surface area contributed by atoms with Gasteiger partial charge in [0.05, 0.1) is 12.0 Å². The molecule has 3 atom stereocenters. The van der Waals surface area contributed by atoms with E-state index in [9.17, 15) is 4.79 Å². The molecule has 1 saturated carbocycles. The van der Waals surface area contributed by atoms with E-state index >= 15 is 0 Å². The number of amides is 1. The Morgan fingerprint density at radius 2 is 2.27 bits per heavy atom. The van der Waals surface area contributed by atoms with Crippen molar-refractivity contribution in [2.24, 2.45) is 22.6 Å². The Morgan fingerprint density at radius 1 is 1.53 bits per heavy atom. The summed E-state index contributed by atoms with van der Waals surface area (Å²) in [5, 5.41) is 2.57. The molecule has 1 heterocycles. The van der Waals surface area contributed by atoms with E-state index in [0.717, 1.165) is 25.2 Å². The molecule has 15 heavy (non-hydrogen) atoms. The second-order valence-electron chi connectivity index (χ2n) is 5.11. The molecule has 4 nitrogen and oxygen atoms in total. The summed E-state index contributed by atoms with van der Waals surface area (Å²) in [5.41, 5.74) is 5.44. The highest BCUT2D eigenvalue weighted by Crippen LogP contribution is 2.42. The number of guanidine groups is 1. The predicted molar refractivity (Wildman–Crippen MR) is 59.3 cm³/mol. The number of aliphatic imine (C=N–C) groups is 1. The SMILES string of the molecule is CC1CCC2(CC(=O)NC(N)=N2)C(C)C1. The zero-order chi connectivity index (χ0) is 11.1. The van der Waals surface area contributed by atoms with Crippen LogP contribution in [0, 0.1) is 11.8 Å². The van der Waals surface area contributed by atoms with E-state index in [2.05, 4.69) is 24.2 Å². The van der Waals surface area contributed by atoms with Gasteiger partial charge in [-0.1, -0.05) is 13.8 Å². The van der Waals surface area contributed by atoms with Crippen LogP contribution in [0.1, 0.15) is 39.5 Å². The molecule has 1 aliphatic carbocycles. The maximum atomic E-state index is 11.5. The van der Waals surface area contributed by atoms with Crippen molar-refractivity contribution in [3.63, 3.8) is 0 Å². The van der Waals surface area contributed by atoms with Gasteiger partial charge >= 0.3 is 0 Å². The summed E-state index contributed by atoms with van der Waals surface area (Å²) in [6.07, 6.45) is 3.78. The minimum Gasteiger partial charge on any atom is -0.370 e. The number of nitrogens with zero attached hydrogens (tertiary/aromatic N) is 1. The molecule has 0 aromatic rings.